The third-order valence-electron chi connectivity index (χ3n) is 16.1. The highest BCUT2D eigenvalue weighted by atomic mass is 31.2. The highest BCUT2D eigenvalue weighted by molar-refractivity contribution is 7.79. The number of phenols is 1. The molecule has 1 aliphatic carbocycles. The van der Waals surface area contributed by atoms with Gasteiger partial charge in [-0.25, -0.2) is 4.79 Å². The first-order valence-corrected chi connectivity index (χ1v) is 33.2. The fourth-order valence-electron chi connectivity index (χ4n) is 11.1. The molecule has 0 spiro atoms. The van der Waals surface area contributed by atoms with Crippen molar-refractivity contribution in [3.8, 4) is 23.0 Å². The van der Waals surface area contributed by atoms with Crippen molar-refractivity contribution in [1.29, 1.82) is 0 Å². The van der Waals surface area contributed by atoms with Crippen LogP contribution in [0.5, 0.6) is 23.0 Å². The van der Waals surface area contributed by atoms with Gasteiger partial charge in [-0.3, -0.25) is 0 Å². The molecule has 0 unspecified atom stereocenters. The number of aromatic hydroxyl groups is 1. The van der Waals surface area contributed by atoms with Gasteiger partial charge in [0.05, 0.1) is 6.61 Å². The molecule has 1 N–H and O–H groups in total. The topological polar surface area (TPSA) is 108 Å². The average Bonchev–Trinajstić information content (AvgIpc) is 2.56. The number of esters is 1. The summed E-state index contributed by atoms with van der Waals surface area (Å²) in [5, 5.41) is 15.7. The number of carbonyl (C=O) groups excluding carboxylic acids is 1. The van der Waals surface area contributed by atoms with E-state index in [-0.39, 0.29) is 72.6 Å². The molecule has 8 aromatic carbocycles. The van der Waals surface area contributed by atoms with Crippen molar-refractivity contribution in [1.82, 2.24) is 0 Å². The second-order valence-corrected chi connectivity index (χ2v) is 32.2. The number of rotatable bonds is 14. The van der Waals surface area contributed by atoms with E-state index in [4.69, 9.17) is 18.9 Å². The fraction of sp³-hybridized carbons (Fsp3) is 0.338. The summed E-state index contributed by atoms with van der Waals surface area (Å²) in [4.78, 5) is 13.4. The maximum absolute atomic E-state index is 16.1. The van der Waals surface area contributed by atoms with Crippen molar-refractivity contribution in [3.63, 3.8) is 0 Å². The van der Waals surface area contributed by atoms with E-state index in [1.54, 1.807) is 6.92 Å². The van der Waals surface area contributed by atoms with Crippen LogP contribution in [0.3, 0.4) is 0 Å². The molecule has 8 aromatic rings. The number of carbonyl (C=O) groups is 1. The van der Waals surface area contributed by atoms with Gasteiger partial charge in [0.15, 0.2) is 20.9 Å². The second-order valence-electron chi connectivity index (χ2n) is 26.7. The lowest BCUT2D eigenvalue weighted by Crippen LogP contribution is -2.22. The van der Waals surface area contributed by atoms with Gasteiger partial charge in [0.1, 0.15) is 35.7 Å². The summed E-state index contributed by atoms with van der Waals surface area (Å²) < 4.78 is 59.3. The predicted molar refractivity (Wildman–Crippen MR) is 346 cm³/mol. The van der Waals surface area contributed by atoms with Gasteiger partial charge in [-0.2, -0.15) is 0 Å². The molecule has 10 heteroatoms. The Kier molecular flexibility index (Phi) is 17.9. The zero-order valence-electron chi connectivity index (χ0n) is 51.5. The van der Waals surface area contributed by atoms with E-state index in [2.05, 4.69) is 132 Å². The molecule has 84 heavy (non-hydrogen) atoms. The first-order valence-electron chi connectivity index (χ1n) is 29.4. The normalized spacial score (nSPS) is 13.2. The van der Waals surface area contributed by atoms with Crippen LogP contribution in [-0.4, -0.2) is 37.0 Å². The Hall–Kier alpha value is -7.11. The zero-order valence-corrected chi connectivity index (χ0v) is 53.3. The van der Waals surface area contributed by atoms with Gasteiger partial charge in [-0.1, -0.05) is 253 Å². The number of fused-ring (bicyclic) bond motifs is 8. The maximum atomic E-state index is 16.1. The number of hydrogen-bond donors (Lipinski definition) is 1. The molecule has 0 atom stereocenters. The number of benzene rings is 8. The molecule has 0 saturated carbocycles. The molecule has 0 radical (unpaired) electrons. The number of hydrogen-bond acceptors (Lipinski definition) is 8. The van der Waals surface area contributed by atoms with Crippen LogP contribution in [0, 0.1) is 0 Å². The standard InChI is InChI=1S/C74H84O8P2/c1-14-79-66(75)47-80-68-52-35-50-39-58(71(2,3)4)40-51(67(50)76)36-53-42-60(73(8,9)10)45-56(69(53)81-48-83(77,62-27-19-15-20-28-62)63-29-21-16-22-30-63)38-57-46-61(74(11,12)13)44-55(37-54(68)43-59(41-52)72(5,6)7)70(57)82-49-84(78,64-31-23-17-24-32-64)65-33-25-18-26-34-65/h15-34,39-46,76H,14,35-38,47-49H2,1-13H3. The minimum Gasteiger partial charge on any atom is -0.507 e. The van der Waals surface area contributed by atoms with Crippen LogP contribution in [0.4, 0.5) is 0 Å². The van der Waals surface area contributed by atoms with Gasteiger partial charge in [0.25, 0.3) is 0 Å². The summed E-state index contributed by atoms with van der Waals surface area (Å²) in [6, 6.07) is 55.9. The Morgan fingerprint density at radius 1 is 0.393 bits per heavy atom. The summed E-state index contributed by atoms with van der Waals surface area (Å²) in [6.45, 7) is 28.0. The van der Waals surface area contributed by atoms with Crippen LogP contribution < -0.4 is 35.4 Å². The van der Waals surface area contributed by atoms with E-state index >= 15 is 9.13 Å². The van der Waals surface area contributed by atoms with Crippen LogP contribution in [-0.2, 0) is 66.0 Å². The van der Waals surface area contributed by atoms with E-state index in [1.807, 2.05) is 121 Å². The quantitative estimate of drug-likeness (QED) is 0.0847. The van der Waals surface area contributed by atoms with Gasteiger partial charge >= 0.3 is 5.97 Å². The predicted octanol–water partition coefficient (Wildman–Crippen LogP) is 15.9. The van der Waals surface area contributed by atoms with Crippen LogP contribution in [0.15, 0.2) is 170 Å². The third-order valence-corrected chi connectivity index (χ3v) is 21.6. The Balaban J connectivity index is 1.39. The van der Waals surface area contributed by atoms with Gasteiger partial charge in [-0.15, -0.1) is 0 Å². The maximum Gasteiger partial charge on any atom is 0.344 e. The van der Waals surface area contributed by atoms with Gasteiger partial charge < -0.3 is 33.2 Å². The minimum atomic E-state index is -3.48. The Morgan fingerprint density at radius 3 is 0.881 bits per heavy atom. The van der Waals surface area contributed by atoms with Crippen molar-refractivity contribution in [2.75, 3.05) is 25.9 Å². The largest absolute Gasteiger partial charge is 0.507 e. The fourth-order valence-corrected chi connectivity index (χ4v) is 15.5. The molecule has 0 fully saturated rings. The number of phenolic OH excluding ortho intramolecular Hbond substituents is 1. The van der Waals surface area contributed by atoms with E-state index in [9.17, 15) is 9.90 Å². The molecule has 8 bridgehead atoms. The van der Waals surface area contributed by atoms with Gasteiger partial charge in [0, 0.05) is 46.9 Å². The molecule has 0 heterocycles. The van der Waals surface area contributed by atoms with E-state index in [0.717, 1.165) is 55.6 Å². The molecular formula is C74H84O8P2. The summed E-state index contributed by atoms with van der Waals surface area (Å²) in [6.07, 6.45) is 0.827. The van der Waals surface area contributed by atoms with Crippen molar-refractivity contribution in [3.05, 3.63) is 237 Å². The van der Waals surface area contributed by atoms with Crippen LogP contribution in [0.25, 0.3) is 0 Å². The summed E-state index contributed by atoms with van der Waals surface area (Å²) >= 11 is 0. The molecule has 9 rings (SSSR count). The van der Waals surface area contributed by atoms with E-state index in [0.29, 0.717) is 56.0 Å². The highest BCUT2D eigenvalue weighted by Gasteiger charge is 2.34. The first kappa shape index (κ1) is 61.5. The zero-order chi connectivity index (χ0) is 60.4. The molecule has 0 saturated heterocycles. The minimum absolute atomic E-state index is 0.136. The molecule has 8 nitrogen and oxygen atoms in total. The monoisotopic (exact) mass is 1160 g/mol. The summed E-state index contributed by atoms with van der Waals surface area (Å²) in [5.41, 5.74) is 9.18. The Labute approximate surface area is 499 Å². The number of ether oxygens (including phenoxy) is 4. The summed E-state index contributed by atoms with van der Waals surface area (Å²) in [5.74, 6) is 1.33. The highest BCUT2D eigenvalue weighted by Crippen LogP contribution is 2.49. The lowest BCUT2D eigenvalue weighted by atomic mass is 9.79. The lowest BCUT2D eigenvalue weighted by Gasteiger charge is -2.29. The van der Waals surface area contributed by atoms with Gasteiger partial charge in [-0.05, 0) is 95.3 Å². The van der Waals surface area contributed by atoms with Crippen LogP contribution in [0.1, 0.15) is 157 Å². The Bertz CT molecular complexity index is 3660. The SMILES string of the molecule is CCOC(=O)COc1c2cc(C(C)(C)C)cc1Cc1cc(C(C)(C)C)cc(c1OCP(=O)(c1ccccc1)c1ccccc1)Cc1cc(C(C)(C)C)cc(c1OCP(=O)(c1ccccc1)c1ccccc1)Cc1cc(C(C)(C)C)cc(c1O)C2. The van der Waals surface area contributed by atoms with Crippen molar-refractivity contribution < 1.29 is 38.0 Å². The van der Waals surface area contributed by atoms with Crippen LogP contribution >= 0.6 is 14.3 Å². The average molecular weight is 1160 g/mol. The van der Waals surface area contributed by atoms with Crippen molar-refractivity contribution in [2.24, 2.45) is 0 Å². The molecule has 0 aliphatic heterocycles. The Morgan fingerprint density at radius 2 is 0.631 bits per heavy atom. The third kappa shape index (κ3) is 13.7. The van der Waals surface area contributed by atoms with Crippen molar-refractivity contribution in [2.45, 2.75) is 137 Å². The molecule has 0 amide bonds. The lowest BCUT2D eigenvalue weighted by molar-refractivity contribution is -0.145. The van der Waals surface area contributed by atoms with E-state index < -0.39 is 20.3 Å². The van der Waals surface area contributed by atoms with Crippen LogP contribution in [0.2, 0.25) is 0 Å². The molecule has 0 aromatic heterocycles. The molecule has 1 aliphatic rings. The molecular weight excluding hydrogens is 1080 g/mol. The summed E-state index contributed by atoms with van der Waals surface area (Å²) in [7, 11) is -6.95. The smallest absolute Gasteiger partial charge is 0.344 e. The molecule has 438 valence electrons. The van der Waals surface area contributed by atoms with Crippen molar-refractivity contribution >= 4 is 41.5 Å². The van der Waals surface area contributed by atoms with E-state index in [1.165, 1.54) is 0 Å². The second kappa shape index (κ2) is 24.5. The van der Waals surface area contributed by atoms with Gasteiger partial charge in [0.2, 0.25) is 0 Å². The first-order chi connectivity index (χ1) is 39.7.